The summed E-state index contributed by atoms with van der Waals surface area (Å²) in [5.41, 5.74) is 1.87. The summed E-state index contributed by atoms with van der Waals surface area (Å²) in [6, 6.07) is 13.2. The lowest BCUT2D eigenvalue weighted by molar-refractivity contribution is 0.475. The minimum Gasteiger partial charge on any atom is -0.508 e. The van der Waals surface area contributed by atoms with Crippen LogP contribution in [-0.4, -0.2) is 26.9 Å². The minimum atomic E-state index is -0.270. The van der Waals surface area contributed by atoms with Crippen LogP contribution in [-0.2, 0) is 13.5 Å². The monoisotopic (exact) mass is 312 g/mol. The lowest BCUT2D eigenvalue weighted by atomic mass is 10.1. The van der Waals surface area contributed by atoms with Crippen LogP contribution in [0.5, 0.6) is 5.75 Å². The van der Waals surface area contributed by atoms with Crippen molar-refractivity contribution in [3.63, 3.8) is 0 Å². The Hall–Kier alpha value is -2.89. The van der Waals surface area contributed by atoms with Gasteiger partial charge in [-0.1, -0.05) is 12.1 Å². The molecule has 0 unspecified atom stereocenters. The summed E-state index contributed by atoms with van der Waals surface area (Å²) < 4.78 is 14.9. The van der Waals surface area contributed by atoms with E-state index in [1.54, 1.807) is 24.3 Å². The predicted octanol–water partition coefficient (Wildman–Crippen LogP) is 3.02. The van der Waals surface area contributed by atoms with E-state index in [4.69, 9.17) is 0 Å². The van der Waals surface area contributed by atoms with E-state index in [1.807, 2.05) is 35.7 Å². The molecule has 0 bridgehead atoms. The zero-order valence-corrected chi connectivity index (χ0v) is 12.9. The van der Waals surface area contributed by atoms with Gasteiger partial charge in [-0.25, -0.2) is 4.39 Å². The number of aromatic hydroxyl groups is 1. The second-order valence-electron chi connectivity index (χ2n) is 5.35. The first-order chi connectivity index (χ1) is 11.0. The molecule has 0 atom stereocenters. The fraction of sp³-hybridized carbons (Fsp3) is 0.176. The molecule has 0 amide bonds. The molecule has 0 saturated heterocycles. The number of anilines is 2. The Bertz CT molecular complexity index is 796. The predicted molar refractivity (Wildman–Crippen MR) is 86.4 cm³/mol. The Morgan fingerprint density at radius 3 is 2.35 bits per heavy atom. The summed E-state index contributed by atoms with van der Waals surface area (Å²) in [7, 11) is 3.76. The first kappa shape index (κ1) is 15.0. The number of phenols is 1. The van der Waals surface area contributed by atoms with Gasteiger partial charge in [0, 0.05) is 26.2 Å². The highest BCUT2D eigenvalue weighted by Gasteiger charge is 2.14. The summed E-state index contributed by atoms with van der Waals surface area (Å²) in [5.74, 6) is 1.45. The van der Waals surface area contributed by atoms with Crippen LogP contribution in [0.1, 0.15) is 11.4 Å². The van der Waals surface area contributed by atoms with E-state index in [0.29, 0.717) is 12.4 Å². The van der Waals surface area contributed by atoms with Crippen LogP contribution in [0, 0.1) is 5.82 Å². The normalized spacial score (nSPS) is 10.7. The molecule has 0 aliphatic carbocycles. The van der Waals surface area contributed by atoms with Crippen molar-refractivity contribution in [3.05, 3.63) is 65.7 Å². The summed E-state index contributed by atoms with van der Waals surface area (Å²) in [5, 5.41) is 17.8. The van der Waals surface area contributed by atoms with Crippen molar-refractivity contribution in [2.75, 3.05) is 11.9 Å². The van der Waals surface area contributed by atoms with Crippen molar-refractivity contribution in [1.82, 2.24) is 14.8 Å². The third kappa shape index (κ3) is 3.15. The van der Waals surface area contributed by atoms with Crippen molar-refractivity contribution >= 4 is 11.6 Å². The number of benzene rings is 2. The summed E-state index contributed by atoms with van der Waals surface area (Å²) in [6.45, 7) is 0. The molecule has 0 aliphatic rings. The second-order valence-corrected chi connectivity index (χ2v) is 5.35. The molecule has 2 aromatic carbocycles. The van der Waals surface area contributed by atoms with E-state index in [-0.39, 0.29) is 11.6 Å². The van der Waals surface area contributed by atoms with Crippen molar-refractivity contribution in [3.8, 4) is 5.75 Å². The van der Waals surface area contributed by atoms with Gasteiger partial charge in [0.1, 0.15) is 17.4 Å². The van der Waals surface area contributed by atoms with Gasteiger partial charge in [-0.3, -0.25) is 4.57 Å². The number of hydrogen-bond acceptors (Lipinski definition) is 4. The van der Waals surface area contributed by atoms with Crippen LogP contribution in [0.25, 0.3) is 0 Å². The van der Waals surface area contributed by atoms with E-state index in [2.05, 4.69) is 10.2 Å². The largest absolute Gasteiger partial charge is 0.508 e. The van der Waals surface area contributed by atoms with Crippen LogP contribution in [0.2, 0.25) is 0 Å². The molecule has 6 heteroatoms. The molecular formula is C17H17FN4O. The summed E-state index contributed by atoms with van der Waals surface area (Å²) in [4.78, 5) is 1.85. The Balaban J connectivity index is 1.83. The number of hydrogen-bond donors (Lipinski definition) is 1. The molecule has 1 aromatic heterocycles. The molecule has 3 rings (SSSR count). The van der Waals surface area contributed by atoms with Gasteiger partial charge in [-0.15, -0.1) is 10.2 Å². The molecule has 0 saturated carbocycles. The number of rotatable bonds is 4. The Morgan fingerprint density at radius 2 is 1.70 bits per heavy atom. The Kier molecular flexibility index (Phi) is 3.97. The molecule has 1 heterocycles. The Morgan fingerprint density at radius 1 is 1.04 bits per heavy atom. The van der Waals surface area contributed by atoms with Crippen LogP contribution in [0.3, 0.4) is 0 Å². The van der Waals surface area contributed by atoms with Crippen molar-refractivity contribution in [1.29, 1.82) is 0 Å². The number of aromatic nitrogens is 3. The lowest BCUT2D eigenvalue weighted by Crippen LogP contribution is -2.15. The smallest absolute Gasteiger partial charge is 0.231 e. The number of phenolic OH excluding ortho intramolecular Hbond substituents is 1. The van der Waals surface area contributed by atoms with Crippen LogP contribution < -0.4 is 4.90 Å². The van der Waals surface area contributed by atoms with E-state index < -0.39 is 0 Å². The molecule has 118 valence electrons. The van der Waals surface area contributed by atoms with E-state index >= 15 is 0 Å². The van der Waals surface area contributed by atoms with Gasteiger partial charge in [0.25, 0.3) is 0 Å². The van der Waals surface area contributed by atoms with Gasteiger partial charge in [0.2, 0.25) is 5.95 Å². The van der Waals surface area contributed by atoms with E-state index in [9.17, 15) is 9.50 Å². The zero-order valence-electron chi connectivity index (χ0n) is 12.9. The quantitative estimate of drug-likeness (QED) is 0.804. The van der Waals surface area contributed by atoms with Crippen molar-refractivity contribution in [2.24, 2.45) is 7.05 Å². The highest BCUT2D eigenvalue weighted by Crippen LogP contribution is 2.23. The average molecular weight is 312 g/mol. The summed E-state index contributed by atoms with van der Waals surface area (Å²) in [6.07, 6.45) is 0.612. The van der Waals surface area contributed by atoms with Gasteiger partial charge in [-0.05, 0) is 42.0 Å². The third-order valence-electron chi connectivity index (χ3n) is 3.75. The van der Waals surface area contributed by atoms with Gasteiger partial charge < -0.3 is 10.0 Å². The number of halogens is 1. The van der Waals surface area contributed by atoms with Crippen molar-refractivity contribution in [2.45, 2.75) is 6.42 Å². The SMILES string of the molecule is CN(c1ccc(F)cc1)c1nnc(Cc2ccc(O)cc2)n1C. The number of nitrogens with zero attached hydrogens (tertiary/aromatic N) is 4. The third-order valence-corrected chi connectivity index (χ3v) is 3.75. The molecule has 1 N–H and O–H groups in total. The van der Waals surface area contributed by atoms with Crippen LogP contribution in [0.15, 0.2) is 48.5 Å². The summed E-state index contributed by atoms with van der Waals surface area (Å²) >= 11 is 0. The molecule has 0 spiro atoms. The molecule has 5 nitrogen and oxygen atoms in total. The van der Waals surface area contributed by atoms with Crippen LogP contribution in [0.4, 0.5) is 16.0 Å². The molecule has 23 heavy (non-hydrogen) atoms. The fourth-order valence-electron chi connectivity index (χ4n) is 2.37. The molecular weight excluding hydrogens is 295 g/mol. The van der Waals surface area contributed by atoms with E-state index in [0.717, 1.165) is 17.1 Å². The first-order valence-corrected chi connectivity index (χ1v) is 7.20. The fourth-order valence-corrected chi connectivity index (χ4v) is 2.37. The topological polar surface area (TPSA) is 54.2 Å². The Labute approximate surface area is 133 Å². The van der Waals surface area contributed by atoms with Gasteiger partial charge >= 0.3 is 0 Å². The van der Waals surface area contributed by atoms with Gasteiger partial charge in [-0.2, -0.15) is 0 Å². The van der Waals surface area contributed by atoms with E-state index in [1.165, 1.54) is 12.1 Å². The standard InChI is InChI=1S/C17H17FN4O/c1-21(14-7-5-13(18)6-8-14)17-20-19-16(22(17)2)11-12-3-9-15(23)10-4-12/h3-10,23H,11H2,1-2H3. The molecule has 0 fully saturated rings. The van der Waals surface area contributed by atoms with Gasteiger partial charge in [0.15, 0.2) is 0 Å². The maximum atomic E-state index is 13.0. The average Bonchev–Trinajstić information content (AvgIpc) is 2.90. The zero-order chi connectivity index (χ0) is 16.4. The lowest BCUT2D eigenvalue weighted by Gasteiger charge is -2.18. The van der Waals surface area contributed by atoms with Crippen molar-refractivity contribution < 1.29 is 9.50 Å². The van der Waals surface area contributed by atoms with Gasteiger partial charge in [0.05, 0.1) is 0 Å². The maximum absolute atomic E-state index is 13.0. The second kappa shape index (κ2) is 6.08. The molecule has 3 aromatic rings. The minimum absolute atomic E-state index is 0.239. The highest BCUT2D eigenvalue weighted by molar-refractivity contribution is 5.56. The maximum Gasteiger partial charge on any atom is 0.231 e. The first-order valence-electron chi connectivity index (χ1n) is 7.20. The van der Waals surface area contributed by atoms with Crippen LogP contribution >= 0.6 is 0 Å². The molecule has 0 aliphatic heterocycles. The highest BCUT2D eigenvalue weighted by atomic mass is 19.1. The molecule has 0 radical (unpaired) electrons.